The van der Waals surface area contributed by atoms with Gasteiger partial charge in [-0.1, -0.05) is 13.8 Å². The molecule has 2 heterocycles. The van der Waals surface area contributed by atoms with E-state index in [4.69, 9.17) is 4.74 Å². The van der Waals surface area contributed by atoms with Crippen LogP contribution in [0.25, 0.3) is 0 Å². The molecular weight excluding hydrogens is 261 g/mol. The van der Waals surface area contributed by atoms with Gasteiger partial charge in [-0.2, -0.15) is 0 Å². The van der Waals surface area contributed by atoms with Crippen molar-refractivity contribution in [2.75, 3.05) is 38.2 Å². The first-order valence-corrected chi connectivity index (χ1v) is 6.76. The van der Waals surface area contributed by atoms with Crippen LogP contribution in [-0.2, 0) is 4.79 Å². The van der Waals surface area contributed by atoms with Crippen molar-refractivity contribution >= 4 is 11.6 Å². The number of halogens is 1. The number of carbonyl (C=O) groups is 1. The van der Waals surface area contributed by atoms with E-state index in [-0.39, 0.29) is 17.6 Å². The van der Waals surface area contributed by atoms with Gasteiger partial charge >= 0.3 is 0 Å². The minimum Gasteiger partial charge on any atom is -0.480 e. The minimum atomic E-state index is -0.388. The molecule has 6 heteroatoms. The lowest BCUT2D eigenvalue weighted by atomic mass is 10.1. The Bertz CT molecular complexity index is 485. The molecule has 1 saturated heterocycles. The lowest BCUT2D eigenvalue weighted by molar-refractivity contribution is -0.134. The van der Waals surface area contributed by atoms with E-state index in [0.717, 1.165) is 6.20 Å². The van der Waals surface area contributed by atoms with Crippen molar-refractivity contribution in [1.82, 2.24) is 9.88 Å². The number of hydrogen-bond acceptors (Lipinski definition) is 4. The Morgan fingerprint density at radius 2 is 2.00 bits per heavy atom. The average Bonchev–Trinajstić information content (AvgIpc) is 2.46. The van der Waals surface area contributed by atoms with Crippen LogP contribution in [0.3, 0.4) is 0 Å². The van der Waals surface area contributed by atoms with Crippen LogP contribution in [0.1, 0.15) is 13.8 Å². The summed E-state index contributed by atoms with van der Waals surface area (Å²) in [6.07, 6.45) is 1.14. The second kappa shape index (κ2) is 6.07. The predicted octanol–water partition coefficient (Wildman–Crippen LogP) is 1.53. The van der Waals surface area contributed by atoms with E-state index in [0.29, 0.717) is 37.7 Å². The highest BCUT2D eigenvalue weighted by Crippen LogP contribution is 2.27. The highest BCUT2D eigenvalue weighted by atomic mass is 19.1. The van der Waals surface area contributed by atoms with Gasteiger partial charge in [-0.3, -0.25) is 4.79 Å². The van der Waals surface area contributed by atoms with Crippen LogP contribution >= 0.6 is 0 Å². The number of piperazine rings is 1. The molecule has 0 unspecified atom stereocenters. The van der Waals surface area contributed by atoms with Crippen LogP contribution in [0, 0.1) is 11.7 Å². The Balaban J connectivity index is 2.07. The fraction of sp³-hybridized carbons (Fsp3) is 0.571. The summed E-state index contributed by atoms with van der Waals surface area (Å²) in [6, 6.07) is 1.42. The largest absolute Gasteiger partial charge is 0.480 e. The number of aromatic nitrogens is 1. The van der Waals surface area contributed by atoms with E-state index in [1.54, 1.807) is 0 Å². The number of methoxy groups -OCH3 is 1. The van der Waals surface area contributed by atoms with Gasteiger partial charge in [-0.15, -0.1) is 0 Å². The second-order valence-electron chi connectivity index (χ2n) is 5.15. The number of hydrogen-bond donors (Lipinski definition) is 0. The highest BCUT2D eigenvalue weighted by Gasteiger charge is 2.24. The normalized spacial score (nSPS) is 15.7. The van der Waals surface area contributed by atoms with Gasteiger partial charge in [0.15, 0.2) is 0 Å². The summed E-state index contributed by atoms with van der Waals surface area (Å²) < 4.78 is 18.5. The van der Waals surface area contributed by atoms with Gasteiger partial charge in [-0.05, 0) is 0 Å². The molecule has 0 radical (unpaired) electrons. The van der Waals surface area contributed by atoms with Crippen LogP contribution in [-0.4, -0.2) is 49.1 Å². The molecule has 110 valence electrons. The molecule has 5 nitrogen and oxygen atoms in total. The molecule has 0 aliphatic carbocycles. The monoisotopic (exact) mass is 281 g/mol. The Morgan fingerprint density at radius 1 is 1.35 bits per heavy atom. The van der Waals surface area contributed by atoms with Gasteiger partial charge in [0.1, 0.15) is 11.5 Å². The zero-order valence-corrected chi connectivity index (χ0v) is 12.1. The molecule has 1 aromatic heterocycles. The number of ether oxygens (including phenoxy) is 1. The smallest absolute Gasteiger partial charge is 0.237 e. The first kappa shape index (κ1) is 14.6. The van der Waals surface area contributed by atoms with Gasteiger partial charge in [-0.25, -0.2) is 9.37 Å². The van der Waals surface area contributed by atoms with Gasteiger partial charge in [0.05, 0.1) is 13.3 Å². The zero-order chi connectivity index (χ0) is 14.7. The van der Waals surface area contributed by atoms with Crippen LogP contribution < -0.4 is 9.64 Å². The van der Waals surface area contributed by atoms with Crippen molar-refractivity contribution in [3.05, 3.63) is 18.1 Å². The third-order valence-electron chi connectivity index (χ3n) is 3.42. The van der Waals surface area contributed by atoms with Gasteiger partial charge < -0.3 is 14.5 Å². The Labute approximate surface area is 118 Å². The molecule has 0 spiro atoms. The van der Waals surface area contributed by atoms with Gasteiger partial charge in [0, 0.05) is 38.2 Å². The number of pyridine rings is 1. The third-order valence-corrected chi connectivity index (χ3v) is 3.42. The van der Waals surface area contributed by atoms with Gasteiger partial charge in [0.25, 0.3) is 0 Å². The minimum absolute atomic E-state index is 0.00641. The van der Waals surface area contributed by atoms with Crippen LogP contribution in [0.15, 0.2) is 12.3 Å². The molecule has 0 bridgehead atoms. The maximum absolute atomic E-state index is 13.3. The van der Waals surface area contributed by atoms with E-state index in [2.05, 4.69) is 4.98 Å². The summed E-state index contributed by atoms with van der Waals surface area (Å²) in [4.78, 5) is 19.7. The number of rotatable bonds is 3. The lowest BCUT2D eigenvalue weighted by Crippen LogP contribution is -2.50. The number of carbonyl (C=O) groups excluding carboxylic acids is 1. The van der Waals surface area contributed by atoms with Crippen molar-refractivity contribution in [3.8, 4) is 5.88 Å². The highest BCUT2D eigenvalue weighted by molar-refractivity contribution is 5.78. The Morgan fingerprint density at radius 3 is 2.55 bits per heavy atom. The second-order valence-corrected chi connectivity index (χ2v) is 5.15. The fourth-order valence-electron chi connectivity index (χ4n) is 2.33. The van der Waals surface area contributed by atoms with Crippen LogP contribution in [0.5, 0.6) is 5.88 Å². The standard InChI is InChI=1S/C14H20FN3O2/c1-10(2)14(19)18-6-4-17(5-7-18)12-8-11(15)9-16-13(12)20-3/h8-10H,4-7H2,1-3H3. The maximum Gasteiger partial charge on any atom is 0.237 e. The van der Waals surface area contributed by atoms with Crippen LogP contribution in [0.2, 0.25) is 0 Å². The molecule has 2 rings (SSSR count). The summed E-state index contributed by atoms with van der Waals surface area (Å²) in [7, 11) is 1.52. The Hall–Kier alpha value is -1.85. The molecule has 0 saturated carbocycles. The molecule has 1 aliphatic heterocycles. The van der Waals surface area contributed by atoms with Crippen molar-refractivity contribution in [3.63, 3.8) is 0 Å². The van der Waals surface area contributed by atoms with E-state index in [1.807, 2.05) is 23.6 Å². The molecule has 0 atom stereocenters. The van der Waals surface area contributed by atoms with Gasteiger partial charge in [0.2, 0.25) is 11.8 Å². The van der Waals surface area contributed by atoms with E-state index < -0.39 is 0 Å². The molecule has 1 aromatic rings. The molecule has 1 fully saturated rings. The van der Waals surface area contributed by atoms with Crippen molar-refractivity contribution in [2.45, 2.75) is 13.8 Å². The van der Waals surface area contributed by atoms with E-state index in [1.165, 1.54) is 13.2 Å². The zero-order valence-electron chi connectivity index (χ0n) is 12.1. The summed E-state index contributed by atoms with van der Waals surface area (Å²) >= 11 is 0. The van der Waals surface area contributed by atoms with Crippen molar-refractivity contribution in [2.24, 2.45) is 5.92 Å². The third kappa shape index (κ3) is 3.00. The molecule has 0 aromatic carbocycles. The summed E-state index contributed by atoms with van der Waals surface area (Å²) in [5.41, 5.74) is 0.643. The quantitative estimate of drug-likeness (QED) is 0.843. The predicted molar refractivity (Wildman–Crippen MR) is 74.4 cm³/mol. The van der Waals surface area contributed by atoms with Crippen molar-refractivity contribution < 1.29 is 13.9 Å². The lowest BCUT2D eigenvalue weighted by Gasteiger charge is -2.37. The Kier molecular flexibility index (Phi) is 4.42. The maximum atomic E-state index is 13.3. The van der Waals surface area contributed by atoms with Crippen molar-refractivity contribution in [1.29, 1.82) is 0 Å². The average molecular weight is 281 g/mol. The van der Waals surface area contributed by atoms with E-state index >= 15 is 0 Å². The molecular formula is C14H20FN3O2. The first-order chi connectivity index (χ1) is 9.52. The summed E-state index contributed by atoms with van der Waals surface area (Å²) in [5.74, 6) is 0.192. The fourth-order valence-corrected chi connectivity index (χ4v) is 2.33. The number of amides is 1. The molecule has 1 amide bonds. The molecule has 0 N–H and O–H groups in total. The number of nitrogens with zero attached hydrogens (tertiary/aromatic N) is 3. The molecule has 1 aliphatic rings. The topological polar surface area (TPSA) is 45.7 Å². The van der Waals surface area contributed by atoms with E-state index in [9.17, 15) is 9.18 Å². The summed E-state index contributed by atoms with van der Waals surface area (Å²) in [5, 5.41) is 0. The first-order valence-electron chi connectivity index (χ1n) is 6.76. The van der Waals surface area contributed by atoms with Crippen LogP contribution in [0.4, 0.5) is 10.1 Å². The summed E-state index contributed by atoms with van der Waals surface area (Å²) in [6.45, 7) is 6.37. The SMILES string of the molecule is COc1ncc(F)cc1N1CCN(C(=O)C(C)C)CC1. The number of anilines is 1. The molecule has 20 heavy (non-hydrogen) atoms.